The first kappa shape index (κ1) is 35.1. The molecule has 9 nitrogen and oxygen atoms in total. The Labute approximate surface area is 254 Å². The molecule has 1 amide bonds. The number of amides is 1. The molecule has 0 radical (unpaired) electrons. The molecule has 2 rings (SSSR count). The molecule has 0 aliphatic heterocycles. The van der Waals surface area contributed by atoms with Crippen LogP contribution < -0.4 is 5.32 Å². The van der Waals surface area contributed by atoms with Gasteiger partial charge in [-0.15, -0.1) is 0 Å². The van der Waals surface area contributed by atoms with Gasteiger partial charge in [0, 0.05) is 37.5 Å². The summed E-state index contributed by atoms with van der Waals surface area (Å²) in [7, 11) is 1.59. The van der Waals surface area contributed by atoms with Gasteiger partial charge >= 0.3 is 11.9 Å². The molecular weight excluding hydrogens is 560 g/mol. The number of aliphatic carboxylic acids is 2. The fourth-order valence-corrected chi connectivity index (χ4v) is 4.61. The van der Waals surface area contributed by atoms with Crippen LogP contribution in [0.25, 0.3) is 0 Å². The number of carbonyl (C=O) groups is 3. The van der Waals surface area contributed by atoms with Crippen molar-refractivity contribution < 1.29 is 34.1 Å². The molecule has 2 atom stereocenters. The van der Waals surface area contributed by atoms with Crippen LogP contribution in [0.1, 0.15) is 60.8 Å². The van der Waals surface area contributed by atoms with Gasteiger partial charge in [-0.2, -0.15) is 0 Å². The van der Waals surface area contributed by atoms with Gasteiger partial charge in [0.2, 0.25) is 0 Å². The summed E-state index contributed by atoms with van der Waals surface area (Å²) in [4.78, 5) is 37.6. The Balaban J connectivity index is 1.83. The molecule has 0 aliphatic rings. The number of unbranched alkanes of at least 4 members (excludes halogenated alkanes) is 4. The Morgan fingerprint density at radius 3 is 2.24 bits per heavy atom. The first-order valence-corrected chi connectivity index (χ1v) is 14.9. The van der Waals surface area contributed by atoms with Crippen LogP contribution in [0.4, 0.5) is 5.69 Å². The number of aryl methyl sites for hydroxylation is 4. The number of nitrogens with one attached hydrogen (secondary N) is 1. The maximum atomic E-state index is 13.2. The second-order valence-electron chi connectivity index (χ2n) is 10.7. The first-order chi connectivity index (χ1) is 20.0. The van der Waals surface area contributed by atoms with Crippen LogP contribution in [0.2, 0.25) is 5.02 Å². The summed E-state index contributed by atoms with van der Waals surface area (Å²) in [6.07, 6.45) is 2.55. The summed E-state index contributed by atoms with van der Waals surface area (Å²) >= 11 is 6.17. The molecule has 0 saturated heterocycles. The van der Waals surface area contributed by atoms with Crippen molar-refractivity contribution in [1.82, 2.24) is 4.90 Å². The average molecular weight is 605 g/mol. The molecular formula is C32H45ClN2O7. The minimum Gasteiger partial charge on any atom is -0.480 e. The number of carboxylic acid groups (broad SMARTS) is 2. The van der Waals surface area contributed by atoms with Crippen molar-refractivity contribution in [2.45, 2.75) is 77.9 Å². The van der Waals surface area contributed by atoms with Crippen molar-refractivity contribution in [2.24, 2.45) is 0 Å². The summed E-state index contributed by atoms with van der Waals surface area (Å²) in [6, 6.07) is 12.2. The molecule has 2 aromatic carbocycles. The maximum absolute atomic E-state index is 13.2. The molecule has 3 N–H and O–H groups in total. The highest BCUT2D eigenvalue weighted by atomic mass is 35.5. The highest BCUT2D eigenvalue weighted by molar-refractivity contribution is 6.31. The summed E-state index contributed by atoms with van der Waals surface area (Å²) in [6.45, 7) is 6.58. The fourth-order valence-electron chi connectivity index (χ4n) is 4.43. The van der Waals surface area contributed by atoms with Crippen molar-refractivity contribution in [3.63, 3.8) is 0 Å². The SMILES string of the molecule is Cc1ccc(CCCCCOC(C(=O)N(C)CCCCCNc2ccc(C)c(Cl)c2)C(OCC(=O)O)C(=O)O)cc1C. The smallest absolute Gasteiger partial charge is 0.336 e. The Bertz CT molecular complexity index is 1170. The van der Waals surface area contributed by atoms with Gasteiger partial charge in [0.25, 0.3) is 5.91 Å². The minimum atomic E-state index is -1.72. The van der Waals surface area contributed by atoms with Crippen molar-refractivity contribution in [1.29, 1.82) is 0 Å². The van der Waals surface area contributed by atoms with Crippen molar-refractivity contribution in [2.75, 3.05) is 38.7 Å². The molecule has 0 fully saturated rings. The fraction of sp³-hybridized carbons (Fsp3) is 0.531. The van der Waals surface area contributed by atoms with E-state index < -0.39 is 36.7 Å². The van der Waals surface area contributed by atoms with E-state index in [1.165, 1.54) is 21.6 Å². The zero-order valence-electron chi connectivity index (χ0n) is 25.2. The second-order valence-corrected chi connectivity index (χ2v) is 11.1. The third-order valence-corrected chi connectivity index (χ3v) is 7.58. The lowest BCUT2D eigenvalue weighted by atomic mass is 10.0. The van der Waals surface area contributed by atoms with Crippen molar-refractivity contribution in [3.05, 3.63) is 63.7 Å². The number of likely N-dealkylation sites (N-methyl/N-ethyl adjacent to an activating group) is 1. The number of hydrogen-bond acceptors (Lipinski definition) is 6. The van der Waals surface area contributed by atoms with E-state index in [0.29, 0.717) is 24.4 Å². The van der Waals surface area contributed by atoms with Crippen LogP contribution in [0.5, 0.6) is 0 Å². The van der Waals surface area contributed by atoms with E-state index in [4.69, 9.17) is 26.2 Å². The zero-order valence-corrected chi connectivity index (χ0v) is 25.9. The van der Waals surface area contributed by atoms with Gasteiger partial charge in [-0.1, -0.05) is 42.3 Å². The lowest BCUT2D eigenvalue weighted by Gasteiger charge is -2.27. The topological polar surface area (TPSA) is 125 Å². The molecule has 2 unspecified atom stereocenters. The van der Waals surface area contributed by atoms with E-state index in [-0.39, 0.29) is 6.61 Å². The molecule has 0 aromatic heterocycles. The molecule has 10 heteroatoms. The molecule has 232 valence electrons. The molecule has 42 heavy (non-hydrogen) atoms. The van der Waals surface area contributed by atoms with Gasteiger partial charge in [-0.25, -0.2) is 9.59 Å². The summed E-state index contributed by atoms with van der Waals surface area (Å²) in [5.41, 5.74) is 5.74. The largest absolute Gasteiger partial charge is 0.480 e. The number of halogens is 1. The third-order valence-electron chi connectivity index (χ3n) is 7.17. The van der Waals surface area contributed by atoms with Crippen LogP contribution in [0, 0.1) is 20.8 Å². The Morgan fingerprint density at radius 1 is 0.857 bits per heavy atom. The quantitative estimate of drug-likeness (QED) is 0.165. The van der Waals surface area contributed by atoms with Crippen LogP contribution in [-0.2, 0) is 30.3 Å². The Hall–Kier alpha value is -3.14. The number of nitrogens with zero attached hydrogens (tertiary/aromatic N) is 1. The van der Waals surface area contributed by atoms with Gasteiger partial charge in [0.05, 0.1) is 0 Å². The van der Waals surface area contributed by atoms with Crippen LogP contribution in [0.3, 0.4) is 0 Å². The van der Waals surface area contributed by atoms with Gasteiger partial charge in [0.1, 0.15) is 6.61 Å². The number of benzene rings is 2. The predicted octanol–water partition coefficient (Wildman–Crippen LogP) is 5.66. The van der Waals surface area contributed by atoms with E-state index in [2.05, 4.69) is 37.4 Å². The molecule has 0 aliphatic carbocycles. The van der Waals surface area contributed by atoms with Gasteiger partial charge < -0.3 is 29.9 Å². The second kappa shape index (κ2) is 18.4. The van der Waals surface area contributed by atoms with E-state index in [1.54, 1.807) is 7.05 Å². The lowest BCUT2D eigenvalue weighted by Crippen LogP contribution is -2.50. The highest BCUT2D eigenvalue weighted by Crippen LogP contribution is 2.20. The molecule has 0 bridgehead atoms. The van der Waals surface area contributed by atoms with E-state index in [1.807, 2.05) is 25.1 Å². The van der Waals surface area contributed by atoms with Gasteiger partial charge in [0.15, 0.2) is 12.2 Å². The van der Waals surface area contributed by atoms with E-state index in [9.17, 15) is 19.5 Å². The maximum Gasteiger partial charge on any atom is 0.336 e. The summed E-state index contributed by atoms with van der Waals surface area (Å²) in [5.74, 6) is -3.32. The van der Waals surface area contributed by atoms with Gasteiger partial charge in [-0.3, -0.25) is 4.79 Å². The average Bonchev–Trinajstić information content (AvgIpc) is 2.94. The normalized spacial score (nSPS) is 12.5. The van der Waals surface area contributed by atoms with Crippen molar-refractivity contribution in [3.8, 4) is 0 Å². The minimum absolute atomic E-state index is 0.159. The zero-order chi connectivity index (χ0) is 31.1. The van der Waals surface area contributed by atoms with Crippen LogP contribution in [0.15, 0.2) is 36.4 Å². The molecule has 0 spiro atoms. The van der Waals surface area contributed by atoms with E-state index >= 15 is 0 Å². The van der Waals surface area contributed by atoms with E-state index in [0.717, 1.165) is 49.9 Å². The van der Waals surface area contributed by atoms with Gasteiger partial charge in [-0.05, 0) is 93.7 Å². The molecule has 0 saturated carbocycles. The lowest BCUT2D eigenvalue weighted by molar-refractivity contribution is -0.175. The number of carbonyl (C=O) groups excluding carboxylic acids is 1. The van der Waals surface area contributed by atoms with Crippen LogP contribution >= 0.6 is 11.6 Å². The molecule has 2 aromatic rings. The van der Waals surface area contributed by atoms with Crippen molar-refractivity contribution >= 4 is 35.1 Å². The monoisotopic (exact) mass is 604 g/mol. The predicted molar refractivity (Wildman–Crippen MR) is 164 cm³/mol. The number of hydrogen-bond donors (Lipinski definition) is 3. The number of carboxylic acids is 2. The standard InChI is InChI=1S/C32H45ClN2O7/c1-22-12-14-25(19-24(22)3)11-7-5-10-18-41-29(30(32(39)40)42-21-28(36)37)31(38)35(4)17-9-6-8-16-34-26-15-13-23(2)27(33)20-26/h12-15,19-20,29-30,34H,5-11,16-18,21H2,1-4H3,(H,36,37)(H,39,40). The molecule has 0 heterocycles. The number of rotatable bonds is 20. The summed E-state index contributed by atoms with van der Waals surface area (Å²) < 4.78 is 10.9. The third kappa shape index (κ3) is 12.4. The number of anilines is 1. The Morgan fingerprint density at radius 2 is 1.57 bits per heavy atom. The summed E-state index contributed by atoms with van der Waals surface area (Å²) in [5, 5.41) is 22.7. The number of ether oxygens (including phenoxy) is 2. The van der Waals surface area contributed by atoms with Crippen LogP contribution in [-0.4, -0.2) is 78.5 Å². The first-order valence-electron chi connectivity index (χ1n) is 14.5. The highest BCUT2D eigenvalue weighted by Gasteiger charge is 2.37. The Kier molecular flexibility index (Phi) is 15.4.